The molecule has 0 atom stereocenters. The molecule has 1 amide bonds. The number of primary amides is 1. The van der Waals surface area contributed by atoms with Crippen LogP contribution in [0.15, 0.2) is 30.3 Å². The van der Waals surface area contributed by atoms with E-state index in [4.69, 9.17) is 24.7 Å². The highest BCUT2D eigenvalue weighted by atomic mass is 16.6. The third-order valence-electron chi connectivity index (χ3n) is 3.61. The Labute approximate surface area is 139 Å². The first kappa shape index (κ1) is 15.8. The molecule has 3 rings (SSSR count). The Morgan fingerprint density at radius 3 is 2.33 bits per heavy atom. The van der Waals surface area contributed by atoms with Crippen LogP contribution < -0.4 is 30.0 Å². The molecule has 0 unspecified atom stereocenters. The molecule has 2 aromatic carbocycles. The number of fused-ring (bicyclic) bond motifs is 1. The number of carbonyl (C=O) groups is 1. The molecule has 0 radical (unpaired) electrons. The van der Waals surface area contributed by atoms with Crippen molar-refractivity contribution in [3.05, 3.63) is 35.9 Å². The van der Waals surface area contributed by atoms with Crippen molar-refractivity contribution in [3.8, 4) is 23.0 Å². The van der Waals surface area contributed by atoms with Crippen molar-refractivity contribution in [2.75, 3.05) is 32.8 Å². The van der Waals surface area contributed by atoms with Gasteiger partial charge in [-0.2, -0.15) is 0 Å². The van der Waals surface area contributed by atoms with Crippen molar-refractivity contribution >= 4 is 17.3 Å². The molecule has 0 saturated heterocycles. The summed E-state index contributed by atoms with van der Waals surface area (Å²) in [7, 11) is 3.12. The van der Waals surface area contributed by atoms with Crippen molar-refractivity contribution in [1.82, 2.24) is 0 Å². The minimum Gasteiger partial charge on any atom is -0.493 e. The van der Waals surface area contributed by atoms with E-state index in [1.807, 2.05) is 6.07 Å². The quantitative estimate of drug-likeness (QED) is 0.874. The number of nitrogens with two attached hydrogens (primary N) is 1. The fourth-order valence-electron chi connectivity index (χ4n) is 2.47. The van der Waals surface area contributed by atoms with Crippen LogP contribution in [0.2, 0.25) is 0 Å². The first-order chi connectivity index (χ1) is 11.6. The third kappa shape index (κ3) is 3.01. The molecule has 0 spiro atoms. The SMILES string of the molecule is COc1ccc(Nc2cc3c(cc2C(N)=O)OCCO3)cc1OC. The van der Waals surface area contributed by atoms with E-state index in [1.54, 1.807) is 38.5 Å². The monoisotopic (exact) mass is 330 g/mol. The number of hydrogen-bond acceptors (Lipinski definition) is 6. The van der Waals surface area contributed by atoms with Crippen LogP contribution in [0, 0.1) is 0 Å². The van der Waals surface area contributed by atoms with Gasteiger partial charge >= 0.3 is 0 Å². The normalized spacial score (nSPS) is 12.4. The van der Waals surface area contributed by atoms with E-state index in [0.717, 1.165) is 0 Å². The fraction of sp³-hybridized carbons (Fsp3) is 0.235. The lowest BCUT2D eigenvalue weighted by atomic mass is 10.1. The second-order valence-electron chi connectivity index (χ2n) is 5.10. The Bertz CT molecular complexity index is 776. The lowest BCUT2D eigenvalue weighted by molar-refractivity contribution is 0.1000. The minimum atomic E-state index is -0.560. The number of carbonyl (C=O) groups excluding carboxylic acids is 1. The molecule has 0 aromatic heterocycles. The van der Waals surface area contributed by atoms with Crippen molar-refractivity contribution in [2.45, 2.75) is 0 Å². The summed E-state index contributed by atoms with van der Waals surface area (Å²) in [4.78, 5) is 11.8. The van der Waals surface area contributed by atoms with Gasteiger partial charge in [-0.3, -0.25) is 4.79 Å². The lowest BCUT2D eigenvalue weighted by Gasteiger charge is -2.21. The van der Waals surface area contributed by atoms with Gasteiger partial charge in [-0.05, 0) is 18.2 Å². The van der Waals surface area contributed by atoms with Crippen molar-refractivity contribution < 1.29 is 23.7 Å². The number of hydrogen-bond donors (Lipinski definition) is 2. The van der Waals surface area contributed by atoms with Gasteiger partial charge in [0.05, 0.1) is 25.5 Å². The second kappa shape index (κ2) is 6.57. The molecular weight excluding hydrogens is 312 g/mol. The van der Waals surface area contributed by atoms with Crippen LogP contribution in [-0.4, -0.2) is 33.3 Å². The van der Waals surface area contributed by atoms with Crippen LogP contribution in [0.3, 0.4) is 0 Å². The smallest absolute Gasteiger partial charge is 0.250 e. The molecule has 1 heterocycles. The van der Waals surface area contributed by atoms with E-state index in [9.17, 15) is 4.79 Å². The molecule has 1 aliphatic heterocycles. The predicted octanol–water partition coefficient (Wildman–Crippen LogP) is 2.32. The maximum absolute atomic E-state index is 11.8. The zero-order valence-corrected chi connectivity index (χ0v) is 13.4. The van der Waals surface area contributed by atoms with Gasteiger partial charge in [-0.15, -0.1) is 0 Å². The first-order valence-electron chi connectivity index (χ1n) is 7.35. The van der Waals surface area contributed by atoms with Gasteiger partial charge in [0.1, 0.15) is 13.2 Å². The average molecular weight is 330 g/mol. The summed E-state index contributed by atoms with van der Waals surface area (Å²) in [5, 5.41) is 3.16. The van der Waals surface area contributed by atoms with Crippen LogP contribution in [0.25, 0.3) is 0 Å². The standard InChI is InChI=1S/C17H18N2O5/c1-21-13-4-3-10(7-14(13)22-2)19-12-9-16-15(23-5-6-24-16)8-11(12)17(18)20/h3-4,7-9,19H,5-6H2,1-2H3,(H2,18,20). The topological polar surface area (TPSA) is 92.0 Å². The highest BCUT2D eigenvalue weighted by molar-refractivity contribution is 6.00. The van der Waals surface area contributed by atoms with Crippen molar-refractivity contribution in [1.29, 1.82) is 0 Å². The van der Waals surface area contributed by atoms with E-state index < -0.39 is 5.91 Å². The average Bonchev–Trinajstić information content (AvgIpc) is 2.60. The van der Waals surface area contributed by atoms with Gasteiger partial charge in [-0.1, -0.05) is 0 Å². The molecule has 0 fully saturated rings. The zero-order chi connectivity index (χ0) is 17.1. The van der Waals surface area contributed by atoms with E-state index in [-0.39, 0.29) is 0 Å². The summed E-state index contributed by atoms with van der Waals surface area (Å²) in [6.45, 7) is 0.895. The van der Waals surface area contributed by atoms with Gasteiger partial charge in [-0.25, -0.2) is 0 Å². The maximum Gasteiger partial charge on any atom is 0.250 e. The summed E-state index contributed by atoms with van der Waals surface area (Å²) in [6, 6.07) is 8.62. The summed E-state index contributed by atoms with van der Waals surface area (Å²) < 4.78 is 21.5. The molecule has 0 saturated carbocycles. The molecule has 0 bridgehead atoms. The van der Waals surface area contributed by atoms with Gasteiger partial charge in [0.25, 0.3) is 5.91 Å². The summed E-state index contributed by atoms with van der Waals surface area (Å²) >= 11 is 0. The number of ether oxygens (including phenoxy) is 4. The Morgan fingerprint density at radius 2 is 1.71 bits per heavy atom. The highest BCUT2D eigenvalue weighted by Crippen LogP contribution is 2.38. The van der Waals surface area contributed by atoms with E-state index in [1.165, 1.54) is 0 Å². The maximum atomic E-state index is 11.8. The van der Waals surface area contributed by atoms with Crippen LogP contribution in [-0.2, 0) is 0 Å². The Balaban J connectivity index is 1.98. The molecule has 2 aromatic rings. The van der Waals surface area contributed by atoms with Gasteiger partial charge < -0.3 is 30.0 Å². The molecule has 0 aliphatic carbocycles. The van der Waals surface area contributed by atoms with Crippen LogP contribution >= 0.6 is 0 Å². The van der Waals surface area contributed by atoms with Crippen LogP contribution in [0.1, 0.15) is 10.4 Å². The van der Waals surface area contributed by atoms with Gasteiger partial charge in [0.15, 0.2) is 23.0 Å². The molecular formula is C17H18N2O5. The van der Waals surface area contributed by atoms with Crippen molar-refractivity contribution in [2.24, 2.45) is 5.73 Å². The first-order valence-corrected chi connectivity index (χ1v) is 7.35. The number of nitrogens with one attached hydrogen (secondary N) is 1. The molecule has 1 aliphatic rings. The van der Waals surface area contributed by atoms with Crippen LogP contribution in [0.5, 0.6) is 23.0 Å². The zero-order valence-electron chi connectivity index (χ0n) is 13.4. The molecule has 24 heavy (non-hydrogen) atoms. The number of benzene rings is 2. The molecule has 7 heteroatoms. The van der Waals surface area contributed by atoms with Gasteiger partial charge in [0, 0.05) is 17.8 Å². The second-order valence-corrected chi connectivity index (χ2v) is 5.10. The van der Waals surface area contributed by atoms with Crippen LogP contribution in [0.4, 0.5) is 11.4 Å². The largest absolute Gasteiger partial charge is 0.493 e. The Kier molecular flexibility index (Phi) is 4.33. The molecule has 126 valence electrons. The third-order valence-corrected chi connectivity index (χ3v) is 3.61. The minimum absolute atomic E-state index is 0.314. The predicted molar refractivity (Wildman–Crippen MR) is 88.8 cm³/mol. The number of rotatable bonds is 5. The molecule has 3 N–H and O–H groups in total. The number of anilines is 2. The summed E-state index contributed by atoms with van der Waals surface area (Å²) in [6.07, 6.45) is 0. The lowest BCUT2D eigenvalue weighted by Crippen LogP contribution is -2.18. The summed E-state index contributed by atoms with van der Waals surface area (Å²) in [5.41, 5.74) is 7.04. The Hall–Kier alpha value is -3.09. The van der Waals surface area contributed by atoms with E-state index in [2.05, 4.69) is 5.32 Å². The number of amides is 1. The van der Waals surface area contributed by atoms with Crippen molar-refractivity contribution in [3.63, 3.8) is 0 Å². The number of methoxy groups -OCH3 is 2. The highest BCUT2D eigenvalue weighted by Gasteiger charge is 2.19. The summed E-state index contributed by atoms with van der Waals surface area (Å²) in [5.74, 6) is 1.69. The van der Waals surface area contributed by atoms with E-state index >= 15 is 0 Å². The Morgan fingerprint density at radius 1 is 1.04 bits per heavy atom. The fourth-order valence-corrected chi connectivity index (χ4v) is 2.47. The van der Waals surface area contributed by atoms with Gasteiger partial charge in [0.2, 0.25) is 0 Å². The molecule has 7 nitrogen and oxygen atoms in total. The van der Waals surface area contributed by atoms with E-state index in [0.29, 0.717) is 53.2 Å².